The predicted molar refractivity (Wildman–Crippen MR) is 63.2 cm³/mol. The first kappa shape index (κ1) is 12.1. The summed E-state index contributed by atoms with van der Waals surface area (Å²) < 4.78 is 18.4. The Kier molecular flexibility index (Phi) is 3.76. The zero-order valence-electron chi connectivity index (χ0n) is 9.34. The quantitative estimate of drug-likeness (QED) is 0.911. The Morgan fingerprint density at radius 1 is 1.41 bits per heavy atom. The summed E-state index contributed by atoms with van der Waals surface area (Å²) in [6.45, 7) is 2.79. The fraction of sp³-hybridized carbons (Fsp3) is 0.250. The molecule has 0 bridgehead atoms. The average molecular weight is 255 g/mol. The minimum Gasteiger partial charge on any atom is -0.445 e. The number of aryl methyl sites for hydroxylation is 1. The highest BCUT2D eigenvalue weighted by molar-refractivity contribution is 6.31. The summed E-state index contributed by atoms with van der Waals surface area (Å²) in [6.07, 6.45) is 1.66. The molecular formula is C12H12ClFN2O. The molecule has 2 aromatic rings. The van der Waals surface area contributed by atoms with Crippen LogP contribution in [0.25, 0.3) is 0 Å². The van der Waals surface area contributed by atoms with Crippen molar-refractivity contribution in [2.45, 2.75) is 20.0 Å². The van der Waals surface area contributed by atoms with Crippen molar-refractivity contribution in [3.8, 4) is 0 Å². The Morgan fingerprint density at radius 3 is 2.94 bits per heavy atom. The van der Waals surface area contributed by atoms with Gasteiger partial charge in [0.1, 0.15) is 11.6 Å². The highest BCUT2D eigenvalue weighted by Crippen LogP contribution is 2.19. The Hall–Kier alpha value is -1.39. The second-order valence-electron chi connectivity index (χ2n) is 3.68. The van der Waals surface area contributed by atoms with Crippen LogP contribution < -0.4 is 5.32 Å². The number of hydrogen-bond donors (Lipinski definition) is 1. The standard InChI is InChI=1S/C12H12ClFN2O/c1-8-5-16-11(17-8)7-15-6-9-3-2-4-10(14)12(9)13/h2-5,15H,6-7H2,1H3. The van der Waals surface area contributed by atoms with Crippen LogP contribution in [0.2, 0.25) is 5.02 Å². The number of nitrogens with zero attached hydrogens (tertiary/aromatic N) is 1. The van der Waals surface area contributed by atoms with Gasteiger partial charge < -0.3 is 9.73 Å². The van der Waals surface area contributed by atoms with Crippen LogP contribution in [0.15, 0.2) is 28.8 Å². The first-order chi connectivity index (χ1) is 8.16. The number of hydrogen-bond acceptors (Lipinski definition) is 3. The second-order valence-corrected chi connectivity index (χ2v) is 4.06. The molecular weight excluding hydrogens is 243 g/mol. The lowest BCUT2D eigenvalue weighted by molar-refractivity contribution is 0.449. The SMILES string of the molecule is Cc1cnc(CNCc2cccc(F)c2Cl)o1. The van der Waals surface area contributed by atoms with Gasteiger partial charge in [0.25, 0.3) is 0 Å². The lowest BCUT2D eigenvalue weighted by Gasteiger charge is -2.05. The first-order valence-corrected chi connectivity index (χ1v) is 5.59. The van der Waals surface area contributed by atoms with Crippen LogP contribution in [0.5, 0.6) is 0 Å². The van der Waals surface area contributed by atoms with E-state index < -0.39 is 5.82 Å². The topological polar surface area (TPSA) is 38.1 Å². The zero-order valence-corrected chi connectivity index (χ0v) is 10.1. The third-order valence-corrected chi connectivity index (χ3v) is 2.72. The third-order valence-electron chi connectivity index (χ3n) is 2.29. The molecule has 1 aromatic carbocycles. The monoisotopic (exact) mass is 254 g/mol. The van der Waals surface area contributed by atoms with E-state index in [0.717, 1.165) is 11.3 Å². The van der Waals surface area contributed by atoms with Gasteiger partial charge in [-0.1, -0.05) is 23.7 Å². The predicted octanol–water partition coefficient (Wildman–Crippen LogP) is 3.07. The molecule has 0 aliphatic heterocycles. The van der Waals surface area contributed by atoms with Gasteiger partial charge in [0, 0.05) is 6.54 Å². The maximum absolute atomic E-state index is 13.1. The second kappa shape index (κ2) is 5.29. The molecule has 5 heteroatoms. The van der Waals surface area contributed by atoms with Crippen molar-refractivity contribution in [3.63, 3.8) is 0 Å². The van der Waals surface area contributed by atoms with Crippen LogP contribution >= 0.6 is 11.6 Å². The van der Waals surface area contributed by atoms with E-state index in [-0.39, 0.29) is 5.02 Å². The third kappa shape index (κ3) is 3.05. The maximum Gasteiger partial charge on any atom is 0.208 e. The van der Waals surface area contributed by atoms with Crippen molar-refractivity contribution in [1.82, 2.24) is 10.3 Å². The molecule has 0 radical (unpaired) electrons. The molecule has 0 unspecified atom stereocenters. The van der Waals surface area contributed by atoms with Gasteiger partial charge in [0.05, 0.1) is 17.8 Å². The molecule has 2 rings (SSSR count). The average Bonchev–Trinajstić information content (AvgIpc) is 2.70. The molecule has 3 nitrogen and oxygen atoms in total. The van der Waals surface area contributed by atoms with Gasteiger partial charge in [0.2, 0.25) is 5.89 Å². The Bertz CT molecular complexity index is 513. The summed E-state index contributed by atoms with van der Waals surface area (Å²) in [7, 11) is 0. The van der Waals surface area contributed by atoms with Crippen LogP contribution in [0.1, 0.15) is 17.2 Å². The molecule has 1 heterocycles. The lowest BCUT2D eigenvalue weighted by atomic mass is 10.2. The molecule has 0 amide bonds. The number of aromatic nitrogens is 1. The van der Waals surface area contributed by atoms with Crippen molar-refractivity contribution in [2.24, 2.45) is 0 Å². The molecule has 17 heavy (non-hydrogen) atoms. The Morgan fingerprint density at radius 2 is 2.24 bits per heavy atom. The summed E-state index contributed by atoms with van der Waals surface area (Å²) in [5.74, 6) is 0.971. The molecule has 0 saturated heterocycles. The number of oxazole rings is 1. The van der Waals surface area contributed by atoms with Crippen molar-refractivity contribution >= 4 is 11.6 Å². The van der Waals surface area contributed by atoms with Gasteiger partial charge >= 0.3 is 0 Å². The molecule has 0 saturated carbocycles. The molecule has 1 aromatic heterocycles. The number of halogens is 2. The van der Waals surface area contributed by atoms with Crippen LogP contribution in [0, 0.1) is 12.7 Å². The summed E-state index contributed by atoms with van der Waals surface area (Å²) in [6, 6.07) is 4.75. The minimum absolute atomic E-state index is 0.156. The van der Waals surface area contributed by atoms with Gasteiger partial charge in [-0.05, 0) is 18.6 Å². The van der Waals surface area contributed by atoms with E-state index in [9.17, 15) is 4.39 Å². The van der Waals surface area contributed by atoms with E-state index >= 15 is 0 Å². The van der Waals surface area contributed by atoms with Gasteiger partial charge in [-0.2, -0.15) is 0 Å². The van der Waals surface area contributed by atoms with Crippen LogP contribution in [0.3, 0.4) is 0 Å². The van der Waals surface area contributed by atoms with E-state index in [1.165, 1.54) is 6.07 Å². The summed E-state index contributed by atoms with van der Waals surface area (Å²) in [5, 5.41) is 3.25. The number of benzene rings is 1. The zero-order chi connectivity index (χ0) is 12.3. The summed E-state index contributed by atoms with van der Waals surface area (Å²) in [4.78, 5) is 4.05. The van der Waals surface area contributed by atoms with Gasteiger partial charge in [-0.3, -0.25) is 0 Å². The molecule has 0 aliphatic rings. The van der Waals surface area contributed by atoms with E-state index in [4.69, 9.17) is 16.0 Å². The van der Waals surface area contributed by atoms with Gasteiger partial charge in [-0.25, -0.2) is 9.37 Å². The minimum atomic E-state index is -0.405. The number of rotatable bonds is 4. The summed E-state index contributed by atoms with van der Waals surface area (Å²) >= 11 is 5.83. The van der Waals surface area contributed by atoms with Crippen molar-refractivity contribution in [3.05, 3.63) is 52.5 Å². The fourth-order valence-corrected chi connectivity index (χ4v) is 1.67. The van der Waals surface area contributed by atoms with Gasteiger partial charge in [0.15, 0.2) is 0 Å². The molecule has 0 aliphatic carbocycles. The molecule has 1 N–H and O–H groups in total. The van der Waals surface area contributed by atoms with E-state index in [1.54, 1.807) is 18.3 Å². The normalized spacial score (nSPS) is 10.8. The highest BCUT2D eigenvalue weighted by atomic mass is 35.5. The molecule has 0 atom stereocenters. The maximum atomic E-state index is 13.1. The Labute approximate surface area is 104 Å². The van der Waals surface area contributed by atoms with Crippen molar-refractivity contribution < 1.29 is 8.81 Å². The van der Waals surface area contributed by atoms with Crippen LogP contribution in [0.4, 0.5) is 4.39 Å². The van der Waals surface area contributed by atoms with Crippen molar-refractivity contribution in [1.29, 1.82) is 0 Å². The van der Waals surface area contributed by atoms with E-state index in [1.807, 2.05) is 6.92 Å². The molecule has 0 fully saturated rings. The van der Waals surface area contributed by atoms with Crippen LogP contribution in [-0.4, -0.2) is 4.98 Å². The van der Waals surface area contributed by atoms with Crippen LogP contribution in [-0.2, 0) is 13.1 Å². The largest absolute Gasteiger partial charge is 0.445 e. The Balaban J connectivity index is 1.92. The van der Waals surface area contributed by atoms with E-state index in [0.29, 0.717) is 19.0 Å². The molecule has 90 valence electrons. The highest BCUT2D eigenvalue weighted by Gasteiger charge is 2.05. The fourth-order valence-electron chi connectivity index (χ4n) is 1.47. The van der Waals surface area contributed by atoms with Gasteiger partial charge in [-0.15, -0.1) is 0 Å². The lowest BCUT2D eigenvalue weighted by Crippen LogP contribution is -2.13. The molecule has 0 spiro atoms. The first-order valence-electron chi connectivity index (χ1n) is 5.21. The smallest absolute Gasteiger partial charge is 0.208 e. The number of nitrogens with one attached hydrogen (secondary N) is 1. The van der Waals surface area contributed by atoms with E-state index in [2.05, 4.69) is 10.3 Å². The van der Waals surface area contributed by atoms with Crippen molar-refractivity contribution in [2.75, 3.05) is 0 Å². The summed E-state index contributed by atoms with van der Waals surface area (Å²) in [5.41, 5.74) is 0.718.